The quantitative estimate of drug-likeness (QED) is 0.763. The van der Waals surface area contributed by atoms with Gasteiger partial charge < -0.3 is 10.1 Å². The normalized spacial score (nSPS) is 12.7. The summed E-state index contributed by atoms with van der Waals surface area (Å²) in [4.78, 5) is 0. The van der Waals surface area contributed by atoms with Crippen LogP contribution >= 0.6 is 15.9 Å². The lowest BCUT2D eigenvalue weighted by Gasteiger charge is -2.19. The van der Waals surface area contributed by atoms with Gasteiger partial charge in [-0.25, -0.2) is 0 Å². The second kappa shape index (κ2) is 8.60. The molecule has 0 aliphatic carbocycles. The number of halogens is 1. The number of benzene rings is 1. The van der Waals surface area contributed by atoms with Crippen molar-refractivity contribution in [3.63, 3.8) is 0 Å². The molecule has 19 heavy (non-hydrogen) atoms. The molecule has 1 aromatic carbocycles. The van der Waals surface area contributed by atoms with Crippen molar-refractivity contribution in [2.45, 2.75) is 46.1 Å². The van der Waals surface area contributed by atoms with Gasteiger partial charge in [-0.2, -0.15) is 0 Å². The minimum atomic E-state index is 0.563. The van der Waals surface area contributed by atoms with Crippen LogP contribution in [0.3, 0.4) is 0 Å². The smallest absolute Gasteiger partial charge is 0.133 e. The van der Waals surface area contributed by atoms with Crippen molar-refractivity contribution < 1.29 is 4.74 Å². The van der Waals surface area contributed by atoms with E-state index in [0.29, 0.717) is 6.04 Å². The third kappa shape index (κ3) is 5.96. The number of rotatable bonds is 8. The van der Waals surface area contributed by atoms with Crippen molar-refractivity contribution in [2.24, 2.45) is 5.92 Å². The summed E-state index contributed by atoms with van der Waals surface area (Å²) in [6, 6.07) is 6.92. The summed E-state index contributed by atoms with van der Waals surface area (Å²) in [7, 11) is 1.70. The van der Waals surface area contributed by atoms with E-state index in [2.05, 4.69) is 54.2 Å². The molecule has 0 aliphatic heterocycles. The molecule has 0 fully saturated rings. The van der Waals surface area contributed by atoms with Gasteiger partial charge in [0.1, 0.15) is 5.75 Å². The Morgan fingerprint density at radius 1 is 1.26 bits per heavy atom. The lowest BCUT2D eigenvalue weighted by atomic mass is 9.98. The molecule has 2 nitrogen and oxygen atoms in total. The lowest BCUT2D eigenvalue weighted by Crippen LogP contribution is -2.31. The van der Waals surface area contributed by atoms with E-state index in [9.17, 15) is 0 Å². The van der Waals surface area contributed by atoms with Crippen molar-refractivity contribution in [1.29, 1.82) is 0 Å². The molecule has 0 spiro atoms. The third-order valence-corrected chi connectivity index (χ3v) is 3.90. The topological polar surface area (TPSA) is 21.3 Å². The maximum atomic E-state index is 5.27. The SMILES string of the molecule is CCNC(CCC(C)C)Cc1ccc(OC)c(Br)c1. The number of ether oxygens (including phenoxy) is 1. The van der Waals surface area contributed by atoms with Gasteiger partial charge in [0, 0.05) is 6.04 Å². The number of hydrogen-bond donors (Lipinski definition) is 1. The van der Waals surface area contributed by atoms with Crippen LogP contribution in [0.15, 0.2) is 22.7 Å². The standard InChI is InChI=1S/C16H26BrNO/c1-5-18-14(8-6-12(2)3)10-13-7-9-16(19-4)15(17)11-13/h7,9,11-12,14,18H,5-6,8,10H2,1-4H3. The van der Waals surface area contributed by atoms with Crippen molar-refractivity contribution in [1.82, 2.24) is 5.32 Å². The molecular formula is C16H26BrNO. The molecular weight excluding hydrogens is 302 g/mol. The van der Waals surface area contributed by atoms with Gasteiger partial charge >= 0.3 is 0 Å². The Kier molecular flexibility index (Phi) is 7.47. The van der Waals surface area contributed by atoms with Crippen LogP contribution in [0.5, 0.6) is 5.75 Å². The molecule has 0 saturated carbocycles. The van der Waals surface area contributed by atoms with Gasteiger partial charge in [-0.05, 0) is 65.4 Å². The first-order valence-corrected chi connectivity index (χ1v) is 7.91. The molecule has 0 bridgehead atoms. The first-order chi connectivity index (χ1) is 9.06. The highest BCUT2D eigenvalue weighted by Gasteiger charge is 2.10. The highest BCUT2D eigenvalue weighted by atomic mass is 79.9. The fourth-order valence-electron chi connectivity index (χ4n) is 2.22. The minimum Gasteiger partial charge on any atom is -0.496 e. The summed E-state index contributed by atoms with van der Waals surface area (Å²) in [5.41, 5.74) is 1.35. The maximum Gasteiger partial charge on any atom is 0.133 e. The van der Waals surface area contributed by atoms with Gasteiger partial charge in [0.2, 0.25) is 0 Å². The summed E-state index contributed by atoms with van der Waals surface area (Å²) in [5.74, 6) is 1.66. The number of likely N-dealkylation sites (N-methyl/N-ethyl adjacent to an activating group) is 1. The van der Waals surface area contributed by atoms with Crippen LogP contribution in [0.25, 0.3) is 0 Å². The van der Waals surface area contributed by atoms with E-state index in [0.717, 1.165) is 29.1 Å². The zero-order valence-electron chi connectivity index (χ0n) is 12.5. The van der Waals surface area contributed by atoms with E-state index < -0.39 is 0 Å². The molecule has 1 atom stereocenters. The van der Waals surface area contributed by atoms with Crippen LogP contribution in [-0.4, -0.2) is 19.7 Å². The van der Waals surface area contributed by atoms with Gasteiger partial charge in [0.15, 0.2) is 0 Å². The van der Waals surface area contributed by atoms with Gasteiger partial charge in [0.05, 0.1) is 11.6 Å². The first kappa shape index (κ1) is 16.5. The minimum absolute atomic E-state index is 0.563. The highest BCUT2D eigenvalue weighted by molar-refractivity contribution is 9.10. The number of methoxy groups -OCH3 is 1. The fraction of sp³-hybridized carbons (Fsp3) is 0.625. The monoisotopic (exact) mass is 327 g/mol. The van der Waals surface area contributed by atoms with Crippen molar-refractivity contribution in [3.8, 4) is 5.75 Å². The molecule has 0 saturated heterocycles. The molecule has 1 unspecified atom stereocenters. The average molecular weight is 328 g/mol. The Morgan fingerprint density at radius 3 is 2.53 bits per heavy atom. The largest absolute Gasteiger partial charge is 0.496 e. The predicted octanol–water partition coefficient (Wildman–Crippen LogP) is 4.41. The Balaban J connectivity index is 2.64. The molecule has 108 valence electrons. The Hall–Kier alpha value is -0.540. The fourth-order valence-corrected chi connectivity index (χ4v) is 2.81. The first-order valence-electron chi connectivity index (χ1n) is 7.12. The van der Waals surface area contributed by atoms with Crippen molar-refractivity contribution in [3.05, 3.63) is 28.2 Å². The Morgan fingerprint density at radius 2 is 2.00 bits per heavy atom. The van der Waals surface area contributed by atoms with Crippen LogP contribution in [0, 0.1) is 5.92 Å². The van der Waals surface area contributed by atoms with Gasteiger partial charge in [-0.1, -0.05) is 26.8 Å². The van der Waals surface area contributed by atoms with Crippen LogP contribution in [0.2, 0.25) is 0 Å². The molecule has 0 radical (unpaired) electrons. The number of nitrogens with one attached hydrogen (secondary N) is 1. The molecule has 0 amide bonds. The van der Waals surface area contributed by atoms with Crippen LogP contribution in [0.1, 0.15) is 39.2 Å². The molecule has 1 N–H and O–H groups in total. The second-order valence-corrected chi connectivity index (χ2v) is 6.25. The van der Waals surface area contributed by atoms with Gasteiger partial charge in [0.25, 0.3) is 0 Å². The van der Waals surface area contributed by atoms with Crippen LogP contribution < -0.4 is 10.1 Å². The predicted molar refractivity (Wildman–Crippen MR) is 85.9 cm³/mol. The van der Waals surface area contributed by atoms with E-state index in [1.165, 1.54) is 18.4 Å². The average Bonchev–Trinajstić information content (AvgIpc) is 2.36. The van der Waals surface area contributed by atoms with Gasteiger partial charge in [-0.3, -0.25) is 0 Å². The van der Waals surface area contributed by atoms with E-state index in [1.54, 1.807) is 7.11 Å². The summed E-state index contributed by atoms with van der Waals surface area (Å²) >= 11 is 3.55. The third-order valence-electron chi connectivity index (χ3n) is 3.28. The van der Waals surface area contributed by atoms with E-state index in [4.69, 9.17) is 4.74 Å². The molecule has 1 rings (SSSR count). The molecule has 0 aromatic heterocycles. The highest BCUT2D eigenvalue weighted by Crippen LogP contribution is 2.26. The molecule has 1 aromatic rings. The Bertz CT molecular complexity index is 379. The lowest BCUT2D eigenvalue weighted by molar-refractivity contribution is 0.411. The maximum absolute atomic E-state index is 5.27. The van der Waals surface area contributed by atoms with Crippen molar-refractivity contribution in [2.75, 3.05) is 13.7 Å². The summed E-state index contributed by atoms with van der Waals surface area (Å²) in [6.07, 6.45) is 3.58. The van der Waals surface area contributed by atoms with Crippen molar-refractivity contribution >= 4 is 15.9 Å². The van der Waals surface area contributed by atoms with Crippen LogP contribution in [0.4, 0.5) is 0 Å². The van der Waals surface area contributed by atoms with Gasteiger partial charge in [-0.15, -0.1) is 0 Å². The summed E-state index contributed by atoms with van der Waals surface area (Å²) in [6.45, 7) is 7.77. The van der Waals surface area contributed by atoms with E-state index in [-0.39, 0.29) is 0 Å². The zero-order valence-corrected chi connectivity index (χ0v) is 14.1. The molecule has 3 heteroatoms. The zero-order chi connectivity index (χ0) is 14.3. The summed E-state index contributed by atoms with van der Waals surface area (Å²) in [5, 5.41) is 3.59. The van der Waals surface area contributed by atoms with E-state index >= 15 is 0 Å². The Labute approximate surface area is 126 Å². The second-order valence-electron chi connectivity index (χ2n) is 5.40. The molecule has 0 aliphatic rings. The number of hydrogen-bond acceptors (Lipinski definition) is 2. The summed E-state index contributed by atoms with van der Waals surface area (Å²) < 4.78 is 6.30. The van der Waals surface area contributed by atoms with E-state index in [1.807, 2.05) is 6.07 Å². The molecule has 0 heterocycles. The van der Waals surface area contributed by atoms with Crippen LogP contribution in [-0.2, 0) is 6.42 Å².